The maximum Gasteiger partial charge on any atom is 0.337 e. The van der Waals surface area contributed by atoms with Crippen LogP contribution in [0.4, 0.5) is 4.39 Å². The van der Waals surface area contributed by atoms with Gasteiger partial charge in [-0.25, -0.2) is 9.18 Å². The molecule has 0 aliphatic heterocycles. The molecule has 172 valence electrons. The highest BCUT2D eigenvalue weighted by atomic mass is 19.1. The molecule has 0 atom stereocenters. The average molecular weight is 458 g/mol. The number of ether oxygens (including phenoxy) is 1. The van der Waals surface area contributed by atoms with Crippen LogP contribution in [0.25, 0.3) is 38.6 Å². The van der Waals surface area contributed by atoms with Crippen LogP contribution in [0.15, 0.2) is 77.6 Å². The number of rotatable bonds is 6. The van der Waals surface area contributed by atoms with Crippen molar-refractivity contribution >= 4 is 39.3 Å². The number of halogens is 1. The first kappa shape index (κ1) is 22.8. The summed E-state index contributed by atoms with van der Waals surface area (Å²) in [7, 11) is 2.86. The lowest BCUT2D eigenvalue weighted by Crippen LogP contribution is -2.18. The molecule has 1 amide bonds. The van der Waals surface area contributed by atoms with E-state index in [1.807, 2.05) is 18.2 Å². The molecule has 0 fully saturated rings. The number of amides is 1. The Balaban J connectivity index is 2.00. The Bertz CT molecular complexity index is 1500. The standard InChI is InChI=1S/C27H23FN2O4/c1-5-18(28)10-9-15(2)24-22(26(31)29-3)21-14-20(23-19(11-12-30-23)25(21)34-24)16-7-6-8-17(13-16)27(32)33-4/h5-14,30H,2H2,1,3-4H3,(H,29,31)/b10-9-,18-5+. The van der Waals surface area contributed by atoms with E-state index in [0.29, 0.717) is 27.7 Å². The van der Waals surface area contributed by atoms with Crippen LogP contribution in [0.5, 0.6) is 0 Å². The minimum absolute atomic E-state index is 0.248. The number of H-pyrrole nitrogens is 1. The number of benzene rings is 2. The number of carbonyl (C=O) groups is 2. The summed E-state index contributed by atoms with van der Waals surface area (Å²) >= 11 is 0. The number of fused-ring (bicyclic) bond motifs is 3. The van der Waals surface area contributed by atoms with Crippen molar-refractivity contribution < 1.29 is 23.1 Å². The van der Waals surface area contributed by atoms with Gasteiger partial charge in [-0.2, -0.15) is 0 Å². The quantitative estimate of drug-likeness (QED) is 0.267. The lowest BCUT2D eigenvalue weighted by Gasteiger charge is -2.08. The second-order valence-electron chi connectivity index (χ2n) is 7.56. The molecule has 2 aromatic carbocycles. The highest BCUT2D eigenvalue weighted by molar-refractivity contribution is 6.18. The Morgan fingerprint density at radius 1 is 1.18 bits per heavy atom. The summed E-state index contributed by atoms with van der Waals surface area (Å²) in [6, 6.07) is 10.7. The SMILES string of the molecule is C=C(/C=C\C(F)=C/C)c1oc2c(cc(-c3cccc(C(=O)OC)c3)c3[nH]ccc32)c1C(=O)NC. The molecule has 0 aliphatic rings. The molecule has 7 heteroatoms. The number of methoxy groups -OCH3 is 1. The summed E-state index contributed by atoms with van der Waals surface area (Å²) in [4.78, 5) is 28.2. The zero-order valence-corrected chi connectivity index (χ0v) is 19.0. The lowest BCUT2D eigenvalue weighted by molar-refractivity contribution is 0.0600. The van der Waals surface area contributed by atoms with Crippen LogP contribution in [0, 0.1) is 0 Å². The Morgan fingerprint density at radius 2 is 1.97 bits per heavy atom. The van der Waals surface area contributed by atoms with E-state index in [1.165, 1.54) is 32.4 Å². The molecule has 0 bridgehead atoms. The molecular formula is C27H23FN2O4. The molecular weight excluding hydrogens is 435 g/mol. The van der Waals surface area contributed by atoms with Crippen molar-refractivity contribution in [2.45, 2.75) is 6.92 Å². The maximum absolute atomic E-state index is 13.6. The van der Waals surface area contributed by atoms with Crippen LogP contribution in [-0.4, -0.2) is 31.0 Å². The molecule has 0 aliphatic carbocycles. The second kappa shape index (κ2) is 9.23. The van der Waals surface area contributed by atoms with E-state index in [2.05, 4.69) is 16.9 Å². The maximum atomic E-state index is 13.6. The van der Waals surface area contributed by atoms with Gasteiger partial charge < -0.3 is 19.5 Å². The second-order valence-corrected chi connectivity index (χ2v) is 7.56. The topological polar surface area (TPSA) is 84.3 Å². The van der Waals surface area contributed by atoms with Crippen molar-refractivity contribution in [3.05, 3.63) is 90.1 Å². The van der Waals surface area contributed by atoms with Gasteiger partial charge in [0.2, 0.25) is 0 Å². The van der Waals surface area contributed by atoms with Crippen molar-refractivity contribution in [1.82, 2.24) is 10.3 Å². The number of hydrogen-bond acceptors (Lipinski definition) is 4. The number of aromatic amines is 1. The van der Waals surface area contributed by atoms with Crippen LogP contribution in [0.2, 0.25) is 0 Å². The van der Waals surface area contributed by atoms with E-state index in [9.17, 15) is 14.0 Å². The van der Waals surface area contributed by atoms with Crippen LogP contribution in [-0.2, 0) is 4.74 Å². The summed E-state index contributed by atoms with van der Waals surface area (Å²) in [5, 5.41) is 3.97. The summed E-state index contributed by atoms with van der Waals surface area (Å²) in [5.41, 5.74) is 3.86. The molecule has 0 unspecified atom stereocenters. The molecule has 4 aromatic rings. The van der Waals surface area contributed by atoms with Crippen LogP contribution < -0.4 is 5.32 Å². The summed E-state index contributed by atoms with van der Waals surface area (Å²) in [6.45, 7) is 5.56. The third-order valence-corrected chi connectivity index (χ3v) is 5.55. The molecule has 0 radical (unpaired) electrons. The fourth-order valence-electron chi connectivity index (χ4n) is 3.87. The van der Waals surface area contributed by atoms with Gasteiger partial charge in [0.25, 0.3) is 5.91 Å². The predicted octanol–water partition coefficient (Wildman–Crippen LogP) is 6.17. The Kier molecular flexibility index (Phi) is 6.19. The Hall–Kier alpha value is -4.39. The molecule has 0 saturated carbocycles. The lowest BCUT2D eigenvalue weighted by atomic mass is 9.97. The fraction of sp³-hybridized carbons (Fsp3) is 0.111. The molecule has 2 aromatic heterocycles. The summed E-state index contributed by atoms with van der Waals surface area (Å²) in [6.07, 6.45) is 5.82. The number of allylic oxidation sites excluding steroid dienone is 5. The molecule has 0 saturated heterocycles. The number of nitrogens with one attached hydrogen (secondary N) is 2. The van der Waals surface area contributed by atoms with Crippen molar-refractivity contribution in [2.75, 3.05) is 14.2 Å². The van der Waals surface area contributed by atoms with Gasteiger partial charge in [-0.15, -0.1) is 0 Å². The van der Waals surface area contributed by atoms with Gasteiger partial charge in [0.1, 0.15) is 17.2 Å². The number of esters is 1. The average Bonchev–Trinajstić information content (AvgIpc) is 3.50. The zero-order chi connectivity index (χ0) is 24.4. The zero-order valence-electron chi connectivity index (χ0n) is 19.0. The third-order valence-electron chi connectivity index (χ3n) is 5.55. The predicted molar refractivity (Wildman–Crippen MR) is 131 cm³/mol. The molecule has 4 rings (SSSR count). The number of furan rings is 1. The molecule has 2 heterocycles. The minimum atomic E-state index is -0.446. The summed E-state index contributed by atoms with van der Waals surface area (Å²) in [5.74, 6) is -0.991. The van der Waals surface area contributed by atoms with E-state index in [0.717, 1.165) is 22.0 Å². The minimum Gasteiger partial charge on any atom is -0.465 e. The molecule has 0 spiro atoms. The van der Waals surface area contributed by atoms with Gasteiger partial charge in [0.15, 0.2) is 0 Å². The normalized spacial score (nSPS) is 11.9. The molecule has 34 heavy (non-hydrogen) atoms. The van der Waals surface area contributed by atoms with E-state index in [-0.39, 0.29) is 11.7 Å². The van der Waals surface area contributed by atoms with E-state index < -0.39 is 11.8 Å². The van der Waals surface area contributed by atoms with Gasteiger partial charge in [-0.05, 0) is 48.9 Å². The van der Waals surface area contributed by atoms with Gasteiger partial charge in [0, 0.05) is 35.2 Å². The van der Waals surface area contributed by atoms with Gasteiger partial charge in [0.05, 0.1) is 23.8 Å². The van der Waals surface area contributed by atoms with E-state index >= 15 is 0 Å². The Morgan fingerprint density at radius 3 is 2.68 bits per heavy atom. The van der Waals surface area contributed by atoms with Crippen molar-refractivity contribution in [2.24, 2.45) is 0 Å². The largest absolute Gasteiger partial charge is 0.465 e. The Labute approximate surface area is 195 Å². The van der Waals surface area contributed by atoms with Crippen molar-refractivity contribution in [1.29, 1.82) is 0 Å². The van der Waals surface area contributed by atoms with Gasteiger partial charge >= 0.3 is 5.97 Å². The third kappa shape index (κ3) is 3.92. The monoisotopic (exact) mass is 458 g/mol. The first-order valence-corrected chi connectivity index (χ1v) is 10.6. The van der Waals surface area contributed by atoms with Crippen molar-refractivity contribution in [3.63, 3.8) is 0 Å². The van der Waals surface area contributed by atoms with E-state index in [1.54, 1.807) is 31.3 Å². The first-order chi connectivity index (χ1) is 16.4. The smallest absolute Gasteiger partial charge is 0.337 e. The number of aromatic nitrogens is 1. The molecule has 2 N–H and O–H groups in total. The van der Waals surface area contributed by atoms with Crippen LogP contribution in [0.3, 0.4) is 0 Å². The van der Waals surface area contributed by atoms with Crippen LogP contribution in [0.1, 0.15) is 33.4 Å². The van der Waals surface area contributed by atoms with Crippen LogP contribution >= 0.6 is 0 Å². The summed E-state index contributed by atoms with van der Waals surface area (Å²) < 4.78 is 24.6. The highest BCUT2D eigenvalue weighted by Gasteiger charge is 2.24. The first-order valence-electron chi connectivity index (χ1n) is 10.6. The van der Waals surface area contributed by atoms with Crippen molar-refractivity contribution in [3.8, 4) is 11.1 Å². The number of hydrogen-bond donors (Lipinski definition) is 2. The van der Waals surface area contributed by atoms with E-state index in [4.69, 9.17) is 9.15 Å². The highest BCUT2D eigenvalue weighted by Crippen LogP contribution is 2.40. The molecule has 6 nitrogen and oxygen atoms in total. The van der Waals surface area contributed by atoms with Gasteiger partial charge in [-0.1, -0.05) is 24.8 Å². The number of carbonyl (C=O) groups excluding carboxylic acids is 2. The van der Waals surface area contributed by atoms with Gasteiger partial charge in [-0.3, -0.25) is 4.79 Å². The fourth-order valence-corrected chi connectivity index (χ4v) is 3.87.